The minimum absolute atomic E-state index is 0.198. The summed E-state index contributed by atoms with van der Waals surface area (Å²) in [6, 6.07) is 15.3. The zero-order valence-corrected chi connectivity index (χ0v) is 16.7. The van der Waals surface area contributed by atoms with Crippen LogP contribution < -0.4 is 15.5 Å². The maximum absolute atomic E-state index is 13.3. The molecule has 0 unspecified atom stereocenters. The lowest BCUT2D eigenvalue weighted by atomic mass is 10.2. The molecule has 0 fully saturated rings. The molecule has 3 aromatic rings. The van der Waals surface area contributed by atoms with Gasteiger partial charge in [-0.05, 0) is 69.3 Å². The predicted molar refractivity (Wildman–Crippen MR) is 114 cm³/mol. The number of aromatic nitrogens is 2. The Morgan fingerprint density at radius 1 is 1.00 bits per heavy atom. The number of carbonyl (C=O) groups is 1. The molecule has 0 aliphatic rings. The number of benzene rings is 2. The van der Waals surface area contributed by atoms with E-state index in [-0.39, 0.29) is 5.69 Å². The number of amides is 1. The van der Waals surface area contributed by atoms with Crippen LogP contribution in [0.3, 0.4) is 0 Å². The standard InChI is InChI=1S/C22H24FN5O/c1-4-28(5-2)19-11-9-17(10-12-19)26-22-24-15(3)13-20(27-22)21(29)25-18-8-6-7-16(23)14-18/h6-14H,4-5H2,1-3H3,(H,25,29)(H,24,26,27). The Hall–Kier alpha value is -3.48. The van der Waals surface area contributed by atoms with Crippen molar-refractivity contribution in [2.75, 3.05) is 28.6 Å². The predicted octanol–water partition coefficient (Wildman–Crippen LogP) is 4.77. The average Bonchev–Trinajstić information content (AvgIpc) is 2.70. The highest BCUT2D eigenvalue weighted by Crippen LogP contribution is 2.20. The molecule has 7 heteroatoms. The normalized spacial score (nSPS) is 10.5. The molecule has 0 aliphatic heterocycles. The van der Waals surface area contributed by atoms with Gasteiger partial charge in [0.05, 0.1) is 0 Å². The van der Waals surface area contributed by atoms with Crippen LogP contribution in [0.15, 0.2) is 54.6 Å². The number of hydrogen-bond acceptors (Lipinski definition) is 5. The molecule has 6 nitrogen and oxygen atoms in total. The van der Waals surface area contributed by atoms with Gasteiger partial charge in [0.1, 0.15) is 11.5 Å². The molecule has 1 amide bonds. The van der Waals surface area contributed by atoms with Crippen LogP contribution in [0.2, 0.25) is 0 Å². The first kappa shape index (κ1) is 20.3. The van der Waals surface area contributed by atoms with Gasteiger partial charge in [0.15, 0.2) is 0 Å². The Bertz CT molecular complexity index is 987. The van der Waals surface area contributed by atoms with E-state index in [4.69, 9.17) is 0 Å². The molecule has 2 N–H and O–H groups in total. The number of nitrogens with one attached hydrogen (secondary N) is 2. The van der Waals surface area contributed by atoms with E-state index in [1.54, 1.807) is 19.1 Å². The smallest absolute Gasteiger partial charge is 0.274 e. The van der Waals surface area contributed by atoms with Crippen molar-refractivity contribution in [3.05, 3.63) is 71.8 Å². The van der Waals surface area contributed by atoms with Gasteiger partial charge in [0, 0.05) is 35.8 Å². The number of hydrogen-bond donors (Lipinski definition) is 2. The highest BCUT2D eigenvalue weighted by atomic mass is 19.1. The van der Waals surface area contributed by atoms with Gasteiger partial charge >= 0.3 is 0 Å². The summed E-state index contributed by atoms with van der Waals surface area (Å²) in [6.45, 7) is 7.90. The van der Waals surface area contributed by atoms with E-state index in [1.807, 2.05) is 24.3 Å². The van der Waals surface area contributed by atoms with Crippen LogP contribution in [0, 0.1) is 12.7 Å². The van der Waals surface area contributed by atoms with Crippen molar-refractivity contribution in [2.45, 2.75) is 20.8 Å². The quantitative estimate of drug-likeness (QED) is 0.605. The van der Waals surface area contributed by atoms with Crippen molar-refractivity contribution >= 4 is 28.9 Å². The van der Waals surface area contributed by atoms with E-state index in [0.29, 0.717) is 17.3 Å². The lowest BCUT2D eigenvalue weighted by Crippen LogP contribution is -2.21. The van der Waals surface area contributed by atoms with Crippen molar-refractivity contribution < 1.29 is 9.18 Å². The highest BCUT2D eigenvalue weighted by molar-refractivity contribution is 6.03. The number of nitrogens with zero attached hydrogens (tertiary/aromatic N) is 3. The fourth-order valence-corrected chi connectivity index (χ4v) is 2.98. The molecule has 2 aromatic carbocycles. The van der Waals surface area contributed by atoms with Gasteiger partial charge in [-0.3, -0.25) is 4.79 Å². The lowest BCUT2D eigenvalue weighted by Gasteiger charge is -2.21. The van der Waals surface area contributed by atoms with Crippen molar-refractivity contribution in [1.82, 2.24) is 9.97 Å². The summed E-state index contributed by atoms with van der Waals surface area (Å²) in [7, 11) is 0. The summed E-state index contributed by atoms with van der Waals surface area (Å²) in [5.74, 6) is -0.525. The Morgan fingerprint density at radius 3 is 2.38 bits per heavy atom. The Kier molecular flexibility index (Phi) is 6.39. The van der Waals surface area contributed by atoms with Gasteiger partial charge in [-0.25, -0.2) is 14.4 Å². The summed E-state index contributed by atoms with van der Waals surface area (Å²) in [4.78, 5) is 23.4. The molecule has 0 aliphatic carbocycles. The largest absolute Gasteiger partial charge is 0.372 e. The third kappa shape index (κ3) is 5.28. The van der Waals surface area contributed by atoms with E-state index in [1.165, 1.54) is 18.2 Å². The first-order chi connectivity index (χ1) is 14.0. The van der Waals surface area contributed by atoms with Crippen LogP contribution >= 0.6 is 0 Å². The SMILES string of the molecule is CCN(CC)c1ccc(Nc2nc(C)cc(C(=O)Nc3cccc(F)c3)n2)cc1. The van der Waals surface area contributed by atoms with Gasteiger partial charge in [-0.15, -0.1) is 0 Å². The number of rotatable bonds is 7. The molecule has 0 radical (unpaired) electrons. The minimum atomic E-state index is -0.430. The second-order valence-electron chi connectivity index (χ2n) is 6.53. The topological polar surface area (TPSA) is 70.2 Å². The minimum Gasteiger partial charge on any atom is -0.372 e. The summed E-state index contributed by atoms with van der Waals surface area (Å²) < 4.78 is 13.3. The molecule has 3 rings (SSSR count). The zero-order valence-electron chi connectivity index (χ0n) is 16.7. The molecule has 0 saturated heterocycles. The van der Waals surface area contributed by atoms with Crippen molar-refractivity contribution in [3.63, 3.8) is 0 Å². The Balaban J connectivity index is 1.75. The Morgan fingerprint density at radius 2 is 1.72 bits per heavy atom. The number of anilines is 4. The van der Waals surface area contributed by atoms with E-state index in [9.17, 15) is 9.18 Å². The van der Waals surface area contributed by atoms with Crippen molar-refractivity contribution in [1.29, 1.82) is 0 Å². The third-order valence-corrected chi connectivity index (χ3v) is 4.42. The van der Waals surface area contributed by atoms with Crippen LogP contribution in [0.25, 0.3) is 0 Å². The summed E-state index contributed by atoms with van der Waals surface area (Å²) in [6.07, 6.45) is 0. The first-order valence-corrected chi connectivity index (χ1v) is 9.53. The second-order valence-corrected chi connectivity index (χ2v) is 6.53. The van der Waals surface area contributed by atoms with Gasteiger partial charge < -0.3 is 15.5 Å². The van der Waals surface area contributed by atoms with Gasteiger partial charge in [0.2, 0.25) is 5.95 Å². The van der Waals surface area contributed by atoms with Gasteiger partial charge in [-0.2, -0.15) is 0 Å². The lowest BCUT2D eigenvalue weighted by molar-refractivity contribution is 0.102. The van der Waals surface area contributed by atoms with Crippen LogP contribution in [0.4, 0.5) is 27.4 Å². The van der Waals surface area contributed by atoms with E-state index in [0.717, 1.165) is 24.5 Å². The molecule has 150 valence electrons. The second kappa shape index (κ2) is 9.14. The summed E-state index contributed by atoms with van der Waals surface area (Å²) >= 11 is 0. The highest BCUT2D eigenvalue weighted by Gasteiger charge is 2.12. The Labute approximate surface area is 169 Å². The molecule has 29 heavy (non-hydrogen) atoms. The van der Waals surface area contributed by atoms with Gasteiger partial charge in [0.25, 0.3) is 5.91 Å². The third-order valence-electron chi connectivity index (χ3n) is 4.42. The van der Waals surface area contributed by atoms with Crippen molar-refractivity contribution in [3.8, 4) is 0 Å². The maximum atomic E-state index is 13.3. The maximum Gasteiger partial charge on any atom is 0.274 e. The number of halogens is 1. The monoisotopic (exact) mass is 393 g/mol. The van der Waals surface area contributed by atoms with Crippen LogP contribution in [-0.2, 0) is 0 Å². The molecular weight excluding hydrogens is 369 g/mol. The molecule has 0 spiro atoms. The molecule has 0 atom stereocenters. The van der Waals surface area contributed by atoms with Crippen molar-refractivity contribution in [2.24, 2.45) is 0 Å². The van der Waals surface area contributed by atoms with E-state index < -0.39 is 11.7 Å². The van der Waals surface area contributed by atoms with E-state index >= 15 is 0 Å². The average molecular weight is 393 g/mol. The van der Waals surface area contributed by atoms with Gasteiger partial charge in [-0.1, -0.05) is 6.07 Å². The molecular formula is C22H24FN5O. The van der Waals surface area contributed by atoms with Crippen LogP contribution in [0.5, 0.6) is 0 Å². The van der Waals surface area contributed by atoms with E-state index in [2.05, 4.69) is 39.3 Å². The summed E-state index contributed by atoms with van der Waals surface area (Å²) in [5.41, 5.74) is 3.17. The molecule has 1 heterocycles. The fraction of sp³-hybridized carbons (Fsp3) is 0.227. The number of carbonyl (C=O) groups excluding carboxylic acids is 1. The van der Waals surface area contributed by atoms with Crippen LogP contribution in [-0.4, -0.2) is 29.0 Å². The van der Waals surface area contributed by atoms with Crippen LogP contribution in [0.1, 0.15) is 30.0 Å². The molecule has 0 saturated carbocycles. The zero-order chi connectivity index (χ0) is 20.8. The molecule has 1 aromatic heterocycles. The first-order valence-electron chi connectivity index (χ1n) is 9.53. The summed E-state index contributed by atoms with van der Waals surface area (Å²) in [5, 5.41) is 5.78. The molecule has 0 bridgehead atoms. The fourth-order valence-electron chi connectivity index (χ4n) is 2.98. The number of aryl methyl sites for hydroxylation is 1.